The van der Waals surface area contributed by atoms with Crippen molar-refractivity contribution >= 4 is 12.2 Å². The topological polar surface area (TPSA) is 85.9 Å². The first-order chi connectivity index (χ1) is 14.2. The number of carbonyl (C=O) groups excluding carboxylic acids is 2. The third-order valence-corrected chi connectivity index (χ3v) is 3.90. The van der Waals surface area contributed by atoms with Crippen LogP contribution in [0.1, 0.15) is 24.0 Å². The van der Waals surface area contributed by atoms with Gasteiger partial charge in [0.25, 0.3) is 0 Å². The van der Waals surface area contributed by atoms with Crippen molar-refractivity contribution in [2.75, 3.05) is 26.3 Å². The van der Waals surface area contributed by atoms with Crippen LogP contribution in [0.3, 0.4) is 0 Å². The van der Waals surface area contributed by atoms with Crippen molar-refractivity contribution in [1.82, 2.24) is 10.6 Å². The number of alkyl carbamates (subject to hydrolysis) is 2. The summed E-state index contributed by atoms with van der Waals surface area (Å²) in [6, 6.07) is 19.0. The molecule has 2 aromatic carbocycles. The minimum Gasteiger partial charge on any atom is -0.445 e. The molecule has 2 aromatic rings. The molecule has 2 N–H and O–H groups in total. The third kappa shape index (κ3) is 10.8. The van der Waals surface area contributed by atoms with Crippen molar-refractivity contribution in [1.29, 1.82) is 0 Å². The number of hydrogen-bond donors (Lipinski definition) is 2. The molecule has 0 aliphatic carbocycles. The first-order valence-corrected chi connectivity index (χ1v) is 9.71. The highest BCUT2D eigenvalue weighted by molar-refractivity contribution is 5.67. The maximum atomic E-state index is 11.6. The molecule has 0 saturated carbocycles. The second-order valence-corrected chi connectivity index (χ2v) is 6.30. The van der Waals surface area contributed by atoms with Gasteiger partial charge in [-0.15, -0.1) is 0 Å². The van der Waals surface area contributed by atoms with E-state index >= 15 is 0 Å². The minimum atomic E-state index is -0.438. The zero-order valence-corrected chi connectivity index (χ0v) is 16.5. The van der Waals surface area contributed by atoms with Gasteiger partial charge in [-0.2, -0.15) is 0 Å². The van der Waals surface area contributed by atoms with Gasteiger partial charge in [0.2, 0.25) is 0 Å². The summed E-state index contributed by atoms with van der Waals surface area (Å²) in [7, 11) is 0. The Balaban J connectivity index is 1.36. The van der Waals surface area contributed by atoms with E-state index in [-0.39, 0.29) is 13.2 Å². The Labute approximate surface area is 171 Å². The van der Waals surface area contributed by atoms with Gasteiger partial charge in [0.15, 0.2) is 0 Å². The molecular formula is C22H28N2O5. The molecule has 0 aliphatic heterocycles. The molecule has 0 unspecified atom stereocenters. The van der Waals surface area contributed by atoms with Crippen molar-refractivity contribution in [3.63, 3.8) is 0 Å². The minimum absolute atomic E-state index is 0.254. The van der Waals surface area contributed by atoms with Crippen molar-refractivity contribution in [3.05, 3.63) is 71.8 Å². The van der Waals surface area contributed by atoms with Gasteiger partial charge in [-0.1, -0.05) is 60.7 Å². The van der Waals surface area contributed by atoms with Crippen molar-refractivity contribution in [3.8, 4) is 0 Å². The fraction of sp³-hybridized carbons (Fsp3) is 0.364. The second-order valence-electron chi connectivity index (χ2n) is 6.30. The Morgan fingerprint density at radius 2 is 1.07 bits per heavy atom. The number of rotatable bonds is 12. The van der Waals surface area contributed by atoms with Crippen LogP contribution in [0.25, 0.3) is 0 Å². The van der Waals surface area contributed by atoms with E-state index in [9.17, 15) is 9.59 Å². The summed E-state index contributed by atoms with van der Waals surface area (Å²) in [5.74, 6) is 0. The van der Waals surface area contributed by atoms with Crippen molar-refractivity contribution in [2.24, 2.45) is 0 Å². The quantitative estimate of drug-likeness (QED) is 0.531. The maximum absolute atomic E-state index is 11.6. The number of ether oxygens (including phenoxy) is 3. The van der Waals surface area contributed by atoms with Gasteiger partial charge in [0.1, 0.15) is 13.2 Å². The van der Waals surface area contributed by atoms with E-state index in [2.05, 4.69) is 10.6 Å². The Bertz CT molecular complexity index is 648. The molecule has 0 atom stereocenters. The maximum Gasteiger partial charge on any atom is 0.407 e. The smallest absolute Gasteiger partial charge is 0.407 e. The highest BCUT2D eigenvalue weighted by Gasteiger charge is 2.03. The molecule has 7 nitrogen and oxygen atoms in total. The molecule has 0 aromatic heterocycles. The van der Waals surface area contributed by atoms with E-state index < -0.39 is 12.2 Å². The molecule has 0 aliphatic rings. The summed E-state index contributed by atoms with van der Waals surface area (Å²) in [5, 5.41) is 5.37. The number of hydrogen-bond acceptors (Lipinski definition) is 5. The first-order valence-electron chi connectivity index (χ1n) is 9.71. The summed E-state index contributed by atoms with van der Waals surface area (Å²) < 4.78 is 15.7. The van der Waals surface area contributed by atoms with Crippen LogP contribution in [0.5, 0.6) is 0 Å². The lowest BCUT2D eigenvalue weighted by atomic mass is 10.2. The Hall–Kier alpha value is -3.06. The summed E-state index contributed by atoms with van der Waals surface area (Å²) in [5.41, 5.74) is 1.90. The number of nitrogens with one attached hydrogen (secondary N) is 2. The average Bonchev–Trinajstić information content (AvgIpc) is 2.76. The van der Waals surface area contributed by atoms with Gasteiger partial charge in [-0.3, -0.25) is 0 Å². The standard InChI is InChI=1S/C22H28N2O5/c25-21(28-17-19-9-3-1-4-10-19)23-13-7-15-27-16-8-14-24-22(26)29-18-20-11-5-2-6-12-20/h1-6,9-12H,7-8,13-18H2,(H,23,25)(H,24,26). The predicted molar refractivity (Wildman–Crippen MR) is 109 cm³/mol. The normalized spacial score (nSPS) is 10.2. The summed E-state index contributed by atoms with van der Waals surface area (Å²) >= 11 is 0. The van der Waals surface area contributed by atoms with Crippen LogP contribution in [-0.4, -0.2) is 38.5 Å². The largest absolute Gasteiger partial charge is 0.445 e. The summed E-state index contributed by atoms with van der Waals surface area (Å²) in [6.45, 7) is 2.53. The van der Waals surface area contributed by atoms with Crippen LogP contribution in [0, 0.1) is 0 Å². The molecule has 0 fully saturated rings. The van der Waals surface area contributed by atoms with E-state index in [1.54, 1.807) is 0 Å². The molecule has 0 heterocycles. The number of amides is 2. The van der Waals surface area contributed by atoms with Crippen molar-refractivity contribution in [2.45, 2.75) is 26.1 Å². The van der Waals surface area contributed by atoms with E-state index in [1.807, 2.05) is 60.7 Å². The second kappa shape index (κ2) is 14.0. The molecular weight excluding hydrogens is 372 g/mol. The number of benzene rings is 2. The Kier molecular flexibility index (Phi) is 10.7. The van der Waals surface area contributed by atoms with Gasteiger partial charge in [-0.25, -0.2) is 9.59 Å². The van der Waals surface area contributed by atoms with Gasteiger partial charge < -0.3 is 24.8 Å². The summed E-state index contributed by atoms with van der Waals surface area (Å²) in [4.78, 5) is 23.1. The van der Waals surface area contributed by atoms with E-state index in [0.717, 1.165) is 11.1 Å². The van der Waals surface area contributed by atoms with Crippen molar-refractivity contribution < 1.29 is 23.8 Å². The molecule has 2 amide bonds. The van der Waals surface area contributed by atoms with Gasteiger partial charge in [0, 0.05) is 26.3 Å². The van der Waals surface area contributed by atoms with Crippen LogP contribution < -0.4 is 10.6 Å². The van der Waals surface area contributed by atoms with Crippen LogP contribution in [-0.2, 0) is 27.4 Å². The van der Waals surface area contributed by atoms with Crippen LogP contribution >= 0.6 is 0 Å². The average molecular weight is 400 g/mol. The van der Waals surface area contributed by atoms with E-state index in [4.69, 9.17) is 14.2 Å². The van der Waals surface area contributed by atoms with E-state index in [0.29, 0.717) is 39.1 Å². The molecule has 2 rings (SSSR count). The van der Waals surface area contributed by atoms with Gasteiger partial charge in [0.05, 0.1) is 0 Å². The van der Waals surface area contributed by atoms with Crippen LogP contribution in [0.15, 0.2) is 60.7 Å². The zero-order valence-electron chi connectivity index (χ0n) is 16.5. The lowest BCUT2D eigenvalue weighted by Gasteiger charge is -2.08. The highest BCUT2D eigenvalue weighted by Crippen LogP contribution is 2.01. The lowest BCUT2D eigenvalue weighted by molar-refractivity contribution is 0.120. The zero-order chi connectivity index (χ0) is 20.6. The van der Waals surface area contributed by atoms with Crippen LogP contribution in [0.4, 0.5) is 9.59 Å². The van der Waals surface area contributed by atoms with Gasteiger partial charge >= 0.3 is 12.2 Å². The molecule has 29 heavy (non-hydrogen) atoms. The number of carbonyl (C=O) groups is 2. The molecule has 7 heteroatoms. The molecule has 156 valence electrons. The highest BCUT2D eigenvalue weighted by atomic mass is 16.6. The fourth-order valence-electron chi connectivity index (χ4n) is 2.38. The van der Waals surface area contributed by atoms with Crippen LogP contribution in [0.2, 0.25) is 0 Å². The summed E-state index contributed by atoms with van der Waals surface area (Å²) in [6.07, 6.45) is 0.499. The van der Waals surface area contributed by atoms with E-state index in [1.165, 1.54) is 0 Å². The Morgan fingerprint density at radius 1 is 0.655 bits per heavy atom. The SMILES string of the molecule is O=C(NCCCOCCCNC(=O)OCc1ccccc1)OCc1ccccc1. The third-order valence-electron chi connectivity index (χ3n) is 3.90. The predicted octanol–water partition coefficient (Wildman–Crippen LogP) is 3.64. The fourth-order valence-corrected chi connectivity index (χ4v) is 2.38. The van der Waals surface area contributed by atoms with Gasteiger partial charge in [-0.05, 0) is 24.0 Å². The molecule has 0 spiro atoms. The molecule has 0 radical (unpaired) electrons. The monoisotopic (exact) mass is 400 g/mol. The first kappa shape index (κ1) is 22.2. The lowest BCUT2D eigenvalue weighted by Crippen LogP contribution is -2.27. The Morgan fingerprint density at radius 3 is 1.48 bits per heavy atom. The molecule has 0 bridgehead atoms. The molecule has 0 saturated heterocycles.